The van der Waals surface area contributed by atoms with Crippen LogP contribution in [0.15, 0.2) is 41.2 Å². The number of pyridine rings is 1. The molecule has 0 aliphatic heterocycles. The lowest BCUT2D eigenvalue weighted by Crippen LogP contribution is -1.91. The van der Waals surface area contributed by atoms with Crippen molar-refractivity contribution < 1.29 is 8.91 Å². The Morgan fingerprint density at radius 1 is 1.14 bits per heavy atom. The first kappa shape index (κ1) is 13.9. The van der Waals surface area contributed by atoms with E-state index in [2.05, 4.69) is 10.1 Å². The number of benzene rings is 1. The van der Waals surface area contributed by atoms with Gasteiger partial charge in [-0.25, -0.2) is 4.39 Å². The maximum Gasteiger partial charge on any atom is 0.180 e. The van der Waals surface area contributed by atoms with Crippen molar-refractivity contribution >= 4 is 29.0 Å². The van der Waals surface area contributed by atoms with Crippen LogP contribution in [0.3, 0.4) is 0 Å². The number of nitrogens with zero attached hydrogens (tertiary/aromatic N) is 2. The second kappa shape index (κ2) is 5.35. The van der Waals surface area contributed by atoms with Crippen LogP contribution in [0.4, 0.5) is 10.2 Å². The summed E-state index contributed by atoms with van der Waals surface area (Å²) < 4.78 is 19.1. The molecule has 0 amide bonds. The summed E-state index contributed by atoms with van der Waals surface area (Å²) in [5.41, 5.74) is 7.02. The minimum atomic E-state index is -0.542. The monoisotopic (exact) mass is 323 g/mol. The Labute approximate surface area is 129 Å². The van der Waals surface area contributed by atoms with Crippen LogP contribution in [-0.4, -0.2) is 10.1 Å². The van der Waals surface area contributed by atoms with Crippen LogP contribution in [-0.2, 0) is 0 Å². The van der Waals surface area contributed by atoms with Crippen LogP contribution in [0.2, 0.25) is 10.0 Å². The molecule has 3 aromatic rings. The van der Waals surface area contributed by atoms with E-state index in [1.807, 2.05) is 0 Å². The van der Waals surface area contributed by atoms with Gasteiger partial charge in [0.2, 0.25) is 0 Å². The Morgan fingerprint density at radius 2 is 1.95 bits per heavy atom. The topological polar surface area (TPSA) is 64.9 Å². The van der Waals surface area contributed by atoms with Gasteiger partial charge in [-0.05, 0) is 18.2 Å². The molecule has 0 spiro atoms. The molecule has 4 nitrogen and oxygen atoms in total. The normalized spacial score (nSPS) is 10.8. The predicted octanol–water partition coefficient (Wildman–Crippen LogP) is 4.43. The third-order valence-corrected chi connectivity index (χ3v) is 3.48. The average Bonchev–Trinajstić information content (AvgIpc) is 2.81. The van der Waals surface area contributed by atoms with E-state index in [4.69, 9.17) is 33.5 Å². The average molecular weight is 324 g/mol. The van der Waals surface area contributed by atoms with E-state index in [0.29, 0.717) is 21.2 Å². The number of nitrogen functional groups attached to an aromatic ring is 1. The molecule has 0 unspecified atom stereocenters. The van der Waals surface area contributed by atoms with Crippen molar-refractivity contribution in [2.24, 2.45) is 0 Å². The molecule has 7 heteroatoms. The highest BCUT2D eigenvalue weighted by atomic mass is 35.5. The van der Waals surface area contributed by atoms with Gasteiger partial charge in [-0.1, -0.05) is 34.4 Å². The zero-order valence-electron chi connectivity index (χ0n) is 10.5. The number of rotatable bonds is 2. The lowest BCUT2D eigenvalue weighted by atomic mass is 10.0. The van der Waals surface area contributed by atoms with Gasteiger partial charge >= 0.3 is 0 Å². The van der Waals surface area contributed by atoms with Gasteiger partial charge in [0, 0.05) is 16.8 Å². The lowest BCUT2D eigenvalue weighted by Gasteiger charge is -2.06. The molecule has 0 aliphatic rings. The molecule has 2 N–H and O–H groups in total. The van der Waals surface area contributed by atoms with Gasteiger partial charge in [0.25, 0.3) is 0 Å². The van der Waals surface area contributed by atoms with E-state index < -0.39 is 5.82 Å². The molecule has 0 bridgehead atoms. The van der Waals surface area contributed by atoms with Gasteiger partial charge in [0.05, 0.1) is 22.3 Å². The van der Waals surface area contributed by atoms with Crippen LogP contribution in [0.25, 0.3) is 22.5 Å². The Bertz CT molecular complexity index is 820. The van der Waals surface area contributed by atoms with E-state index in [-0.39, 0.29) is 17.1 Å². The Morgan fingerprint density at radius 3 is 2.67 bits per heavy atom. The minimum absolute atomic E-state index is 0.116. The van der Waals surface area contributed by atoms with Crippen LogP contribution in [0.1, 0.15) is 0 Å². The molecule has 0 radical (unpaired) electrons. The van der Waals surface area contributed by atoms with Gasteiger partial charge in [0.15, 0.2) is 17.4 Å². The molecule has 0 saturated carbocycles. The largest absolute Gasteiger partial charge is 0.380 e. The SMILES string of the molecule is Nc1noc(-c2ccncc2F)c1-c1ccc(Cl)cc1Cl. The summed E-state index contributed by atoms with van der Waals surface area (Å²) in [5.74, 6) is -0.234. The summed E-state index contributed by atoms with van der Waals surface area (Å²) in [6.45, 7) is 0. The highest BCUT2D eigenvalue weighted by Crippen LogP contribution is 2.41. The summed E-state index contributed by atoms with van der Waals surface area (Å²) in [6.07, 6.45) is 2.53. The quantitative estimate of drug-likeness (QED) is 0.757. The second-order valence-electron chi connectivity index (χ2n) is 4.25. The Balaban J connectivity index is 2.25. The van der Waals surface area contributed by atoms with E-state index >= 15 is 0 Å². The van der Waals surface area contributed by atoms with E-state index in [1.54, 1.807) is 18.2 Å². The third-order valence-electron chi connectivity index (χ3n) is 2.94. The summed E-state index contributed by atoms with van der Waals surface area (Å²) in [4.78, 5) is 3.70. The molecule has 1 aromatic carbocycles. The summed E-state index contributed by atoms with van der Waals surface area (Å²) >= 11 is 12.1. The minimum Gasteiger partial charge on any atom is -0.380 e. The second-order valence-corrected chi connectivity index (χ2v) is 5.10. The molecule has 2 aromatic heterocycles. The van der Waals surface area contributed by atoms with Crippen LogP contribution in [0, 0.1) is 5.82 Å². The molecular weight excluding hydrogens is 316 g/mol. The van der Waals surface area contributed by atoms with Crippen LogP contribution < -0.4 is 5.73 Å². The smallest absolute Gasteiger partial charge is 0.180 e. The third kappa shape index (κ3) is 2.46. The lowest BCUT2D eigenvalue weighted by molar-refractivity contribution is 0.433. The van der Waals surface area contributed by atoms with Gasteiger partial charge < -0.3 is 10.3 Å². The Kier molecular flexibility index (Phi) is 3.53. The highest BCUT2D eigenvalue weighted by molar-refractivity contribution is 6.36. The first-order valence-electron chi connectivity index (χ1n) is 5.88. The van der Waals surface area contributed by atoms with E-state index in [1.165, 1.54) is 12.3 Å². The van der Waals surface area contributed by atoms with Crippen molar-refractivity contribution in [1.82, 2.24) is 10.1 Å². The summed E-state index contributed by atoms with van der Waals surface area (Å²) in [5, 5.41) is 4.55. The van der Waals surface area contributed by atoms with Gasteiger partial charge in [-0.3, -0.25) is 4.98 Å². The maximum atomic E-state index is 13.9. The number of hydrogen-bond donors (Lipinski definition) is 1. The molecule has 0 aliphatic carbocycles. The van der Waals surface area contributed by atoms with Gasteiger partial charge in [-0.15, -0.1) is 0 Å². The number of aromatic nitrogens is 2. The zero-order chi connectivity index (χ0) is 15.0. The van der Waals surface area contributed by atoms with E-state index in [0.717, 1.165) is 6.20 Å². The number of halogens is 3. The molecule has 106 valence electrons. The van der Waals surface area contributed by atoms with Crippen molar-refractivity contribution in [3.05, 3.63) is 52.5 Å². The number of anilines is 1. The van der Waals surface area contributed by atoms with Crippen molar-refractivity contribution in [1.29, 1.82) is 0 Å². The molecule has 21 heavy (non-hydrogen) atoms. The summed E-state index contributed by atoms with van der Waals surface area (Å²) in [6, 6.07) is 6.37. The molecule has 3 rings (SSSR count). The fourth-order valence-electron chi connectivity index (χ4n) is 2.00. The maximum absolute atomic E-state index is 13.9. The number of hydrogen-bond acceptors (Lipinski definition) is 4. The Hall–Kier alpha value is -2.11. The fraction of sp³-hybridized carbons (Fsp3) is 0. The van der Waals surface area contributed by atoms with Crippen molar-refractivity contribution in [3.8, 4) is 22.5 Å². The fourth-order valence-corrected chi connectivity index (χ4v) is 2.50. The van der Waals surface area contributed by atoms with Gasteiger partial charge in [-0.2, -0.15) is 0 Å². The molecule has 0 fully saturated rings. The molecule has 0 atom stereocenters. The van der Waals surface area contributed by atoms with E-state index in [9.17, 15) is 4.39 Å². The zero-order valence-corrected chi connectivity index (χ0v) is 12.0. The standard InChI is InChI=1S/C14H8Cl2FN3O/c15-7-1-2-8(10(16)5-7)12-13(21-20-14(12)18)9-3-4-19-6-11(9)17/h1-6H,(H2,18,20). The molecular formula is C14H8Cl2FN3O. The van der Waals surface area contributed by atoms with Crippen LogP contribution in [0.5, 0.6) is 0 Å². The van der Waals surface area contributed by atoms with Crippen molar-refractivity contribution in [2.45, 2.75) is 0 Å². The molecule has 2 heterocycles. The highest BCUT2D eigenvalue weighted by Gasteiger charge is 2.22. The van der Waals surface area contributed by atoms with Gasteiger partial charge in [0.1, 0.15) is 0 Å². The first-order valence-corrected chi connectivity index (χ1v) is 6.64. The van der Waals surface area contributed by atoms with Crippen LogP contribution >= 0.6 is 23.2 Å². The first-order chi connectivity index (χ1) is 10.1. The molecule has 0 saturated heterocycles. The van der Waals surface area contributed by atoms with Crippen molar-refractivity contribution in [2.75, 3.05) is 5.73 Å². The summed E-state index contributed by atoms with van der Waals surface area (Å²) in [7, 11) is 0. The number of nitrogens with two attached hydrogens (primary N) is 1. The van der Waals surface area contributed by atoms with Crippen molar-refractivity contribution in [3.63, 3.8) is 0 Å². The predicted molar refractivity (Wildman–Crippen MR) is 79.6 cm³/mol.